The maximum absolute atomic E-state index is 11.3. The lowest BCUT2D eigenvalue weighted by Gasteiger charge is -2.16. The van der Waals surface area contributed by atoms with Gasteiger partial charge in [-0.1, -0.05) is 13.8 Å². The number of ether oxygens (including phenoxy) is 2. The monoisotopic (exact) mass is 202 g/mol. The van der Waals surface area contributed by atoms with Gasteiger partial charge in [0.05, 0.1) is 25.0 Å². The molecule has 0 heterocycles. The van der Waals surface area contributed by atoms with Gasteiger partial charge in [-0.05, 0) is 13.8 Å². The van der Waals surface area contributed by atoms with Crippen LogP contribution >= 0.6 is 0 Å². The Balaban J connectivity index is 4.16. The Hall–Kier alpha value is -1.06. The minimum Gasteiger partial charge on any atom is -0.466 e. The van der Waals surface area contributed by atoms with Crippen LogP contribution in [-0.2, 0) is 19.1 Å². The first-order valence-electron chi connectivity index (χ1n) is 4.87. The molecule has 2 unspecified atom stereocenters. The van der Waals surface area contributed by atoms with Crippen LogP contribution in [0.1, 0.15) is 27.7 Å². The van der Waals surface area contributed by atoms with E-state index in [1.165, 1.54) is 0 Å². The molecule has 0 saturated carbocycles. The Morgan fingerprint density at radius 1 is 0.929 bits per heavy atom. The maximum Gasteiger partial charge on any atom is 0.309 e. The van der Waals surface area contributed by atoms with Crippen LogP contribution in [0.25, 0.3) is 0 Å². The standard InChI is InChI=1S/C10H18O4/c1-5-13-9(11)7(3)8(4)10(12)14-6-2/h7-8H,5-6H2,1-4H3. The highest BCUT2D eigenvalue weighted by molar-refractivity contribution is 5.81. The summed E-state index contributed by atoms with van der Waals surface area (Å²) in [5, 5.41) is 0. The molecule has 0 saturated heterocycles. The van der Waals surface area contributed by atoms with Gasteiger partial charge in [-0.15, -0.1) is 0 Å². The molecule has 0 aromatic heterocycles. The fourth-order valence-corrected chi connectivity index (χ4v) is 0.956. The fraction of sp³-hybridized carbons (Fsp3) is 0.800. The van der Waals surface area contributed by atoms with E-state index in [1.54, 1.807) is 27.7 Å². The topological polar surface area (TPSA) is 52.6 Å². The summed E-state index contributed by atoms with van der Waals surface area (Å²) in [6.45, 7) is 7.47. The van der Waals surface area contributed by atoms with Gasteiger partial charge in [0, 0.05) is 0 Å². The zero-order valence-corrected chi connectivity index (χ0v) is 9.20. The number of rotatable bonds is 5. The van der Waals surface area contributed by atoms with Crippen molar-refractivity contribution in [1.29, 1.82) is 0 Å². The van der Waals surface area contributed by atoms with Crippen molar-refractivity contribution in [2.75, 3.05) is 13.2 Å². The molecule has 0 amide bonds. The van der Waals surface area contributed by atoms with Crippen molar-refractivity contribution in [1.82, 2.24) is 0 Å². The van der Waals surface area contributed by atoms with E-state index in [-0.39, 0.29) is 11.9 Å². The Bertz CT molecular complexity index is 178. The number of carbonyl (C=O) groups is 2. The molecule has 0 radical (unpaired) electrons. The number of esters is 2. The maximum atomic E-state index is 11.3. The number of carbonyl (C=O) groups excluding carboxylic acids is 2. The van der Waals surface area contributed by atoms with Crippen LogP contribution in [0.4, 0.5) is 0 Å². The van der Waals surface area contributed by atoms with Gasteiger partial charge in [0.15, 0.2) is 0 Å². The highest BCUT2D eigenvalue weighted by atomic mass is 16.5. The smallest absolute Gasteiger partial charge is 0.309 e. The van der Waals surface area contributed by atoms with Crippen molar-refractivity contribution in [2.45, 2.75) is 27.7 Å². The number of hydrogen-bond acceptors (Lipinski definition) is 4. The van der Waals surface area contributed by atoms with Crippen LogP contribution in [0.2, 0.25) is 0 Å². The minimum absolute atomic E-state index is 0.332. The summed E-state index contributed by atoms with van der Waals surface area (Å²) >= 11 is 0. The lowest BCUT2D eigenvalue weighted by molar-refractivity contribution is -0.158. The summed E-state index contributed by atoms with van der Waals surface area (Å²) in [6.07, 6.45) is 0. The highest BCUT2D eigenvalue weighted by Gasteiger charge is 2.27. The van der Waals surface area contributed by atoms with Gasteiger partial charge >= 0.3 is 11.9 Å². The van der Waals surface area contributed by atoms with E-state index in [0.717, 1.165) is 0 Å². The van der Waals surface area contributed by atoms with Gasteiger partial charge in [0.1, 0.15) is 0 Å². The van der Waals surface area contributed by atoms with Gasteiger partial charge in [-0.3, -0.25) is 9.59 Å². The molecule has 0 spiro atoms. The van der Waals surface area contributed by atoms with Crippen molar-refractivity contribution in [3.63, 3.8) is 0 Å². The quantitative estimate of drug-likeness (QED) is 0.632. The van der Waals surface area contributed by atoms with E-state index in [9.17, 15) is 9.59 Å². The van der Waals surface area contributed by atoms with E-state index in [1.807, 2.05) is 0 Å². The predicted molar refractivity (Wildman–Crippen MR) is 51.6 cm³/mol. The van der Waals surface area contributed by atoms with Crippen molar-refractivity contribution in [3.8, 4) is 0 Å². The Morgan fingerprint density at radius 2 is 1.21 bits per heavy atom. The van der Waals surface area contributed by atoms with Crippen LogP contribution in [0.3, 0.4) is 0 Å². The molecule has 0 rings (SSSR count). The molecule has 0 aliphatic heterocycles. The third kappa shape index (κ3) is 3.77. The lowest BCUT2D eigenvalue weighted by atomic mass is 9.96. The summed E-state index contributed by atoms with van der Waals surface area (Å²) in [5.41, 5.74) is 0. The third-order valence-electron chi connectivity index (χ3n) is 2.07. The predicted octanol–water partition coefficient (Wildman–Crippen LogP) is 1.38. The third-order valence-corrected chi connectivity index (χ3v) is 2.07. The van der Waals surface area contributed by atoms with Crippen LogP contribution in [0.5, 0.6) is 0 Å². The first-order chi connectivity index (χ1) is 6.54. The lowest BCUT2D eigenvalue weighted by Crippen LogP contribution is -2.28. The fourth-order valence-electron chi connectivity index (χ4n) is 0.956. The summed E-state index contributed by atoms with van der Waals surface area (Å²) < 4.78 is 9.61. The summed E-state index contributed by atoms with van der Waals surface area (Å²) in [4.78, 5) is 22.5. The average molecular weight is 202 g/mol. The van der Waals surface area contributed by atoms with E-state index in [4.69, 9.17) is 9.47 Å². The Morgan fingerprint density at radius 3 is 1.43 bits per heavy atom. The molecule has 0 aromatic carbocycles. The molecule has 14 heavy (non-hydrogen) atoms. The SMILES string of the molecule is CCOC(=O)C(C)C(C)C(=O)OCC. The molecule has 0 aromatic rings. The van der Waals surface area contributed by atoms with Gasteiger partial charge < -0.3 is 9.47 Å². The molecule has 4 heteroatoms. The molecular weight excluding hydrogens is 184 g/mol. The van der Waals surface area contributed by atoms with Gasteiger partial charge in [0.25, 0.3) is 0 Å². The van der Waals surface area contributed by atoms with Gasteiger partial charge in [-0.2, -0.15) is 0 Å². The van der Waals surface area contributed by atoms with Gasteiger partial charge in [-0.25, -0.2) is 0 Å². The van der Waals surface area contributed by atoms with Crippen LogP contribution in [-0.4, -0.2) is 25.2 Å². The van der Waals surface area contributed by atoms with Crippen molar-refractivity contribution in [2.24, 2.45) is 11.8 Å². The van der Waals surface area contributed by atoms with E-state index < -0.39 is 11.8 Å². The second kappa shape index (κ2) is 6.40. The largest absolute Gasteiger partial charge is 0.466 e. The second-order valence-electron chi connectivity index (χ2n) is 3.08. The van der Waals surface area contributed by atoms with E-state index in [0.29, 0.717) is 13.2 Å². The Labute approximate surface area is 84.6 Å². The van der Waals surface area contributed by atoms with Gasteiger partial charge in [0.2, 0.25) is 0 Å². The van der Waals surface area contributed by atoms with Crippen LogP contribution in [0, 0.1) is 11.8 Å². The molecule has 2 atom stereocenters. The molecule has 0 bridgehead atoms. The Kier molecular flexibility index (Phi) is 5.92. The summed E-state index contributed by atoms with van der Waals surface area (Å²) in [7, 11) is 0. The molecule has 82 valence electrons. The normalized spacial score (nSPS) is 14.3. The van der Waals surface area contributed by atoms with E-state index >= 15 is 0 Å². The first kappa shape index (κ1) is 12.9. The number of hydrogen-bond donors (Lipinski definition) is 0. The first-order valence-corrected chi connectivity index (χ1v) is 4.87. The van der Waals surface area contributed by atoms with Crippen molar-refractivity contribution < 1.29 is 19.1 Å². The molecular formula is C10H18O4. The minimum atomic E-state index is -0.450. The summed E-state index contributed by atoms with van der Waals surface area (Å²) in [6, 6.07) is 0. The molecule has 0 fully saturated rings. The average Bonchev–Trinajstić information content (AvgIpc) is 2.16. The second-order valence-corrected chi connectivity index (χ2v) is 3.08. The van der Waals surface area contributed by atoms with Crippen molar-refractivity contribution in [3.05, 3.63) is 0 Å². The molecule has 0 N–H and O–H groups in total. The zero-order valence-electron chi connectivity index (χ0n) is 9.20. The summed E-state index contributed by atoms with van der Waals surface area (Å²) in [5.74, 6) is -1.61. The van der Waals surface area contributed by atoms with Crippen LogP contribution < -0.4 is 0 Å². The van der Waals surface area contributed by atoms with E-state index in [2.05, 4.69) is 0 Å². The molecule has 0 aliphatic rings. The van der Waals surface area contributed by atoms with Crippen LogP contribution in [0.15, 0.2) is 0 Å². The zero-order chi connectivity index (χ0) is 11.1. The van der Waals surface area contributed by atoms with Crippen molar-refractivity contribution >= 4 is 11.9 Å². The molecule has 4 nitrogen and oxygen atoms in total. The molecule has 0 aliphatic carbocycles. The highest BCUT2D eigenvalue weighted by Crippen LogP contribution is 2.14.